The van der Waals surface area contributed by atoms with E-state index in [1.807, 2.05) is 0 Å². The van der Waals surface area contributed by atoms with Crippen LogP contribution in [-0.2, 0) is 6.54 Å². The smallest absolute Gasteiger partial charge is 0.250 e. The summed E-state index contributed by atoms with van der Waals surface area (Å²) in [5.74, 6) is 1.13. The summed E-state index contributed by atoms with van der Waals surface area (Å²) in [6, 6.07) is 6.45. The van der Waals surface area contributed by atoms with Crippen LogP contribution in [0.15, 0.2) is 28.7 Å². The zero-order chi connectivity index (χ0) is 15.5. The second kappa shape index (κ2) is 6.54. The molecule has 1 saturated heterocycles. The second-order valence-electron chi connectivity index (χ2n) is 6.13. The molecule has 1 atom stereocenters. The van der Waals surface area contributed by atoms with Crippen LogP contribution in [0.5, 0.6) is 0 Å². The molecule has 0 amide bonds. The third-order valence-electron chi connectivity index (χ3n) is 3.92. The lowest BCUT2D eigenvalue weighted by atomic mass is 10.1. The molecular weight excluding hydrogens is 283 g/mol. The minimum absolute atomic E-state index is 0.247. The molecule has 2 heterocycles. The first kappa shape index (κ1) is 15.1. The lowest BCUT2D eigenvalue weighted by Gasteiger charge is -2.16. The molecule has 0 aliphatic carbocycles. The Hall–Kier alpha value is -1.79. The molecule has 5 nitrogen and oxygen atoms in total. The summed E-state index contributed by atoms with van der Waals surface area (Å²) in [5.41, 5.74) is 0.355. The van der Waals surface area contributed by atoms with Crippen molar-refractivity contribution < 1.29 is 8.81 Å². The van der Waals surface area contributed by atoms with E-state index in [1.54, 1.807) is 18.2 Å². The molecule has 22 heavy (non-hydrogen) atoms. The van der Waals surface area contributed by atoms with Crippen molar-refractivity contribution >= 4 is 0 Å². The average Bonchev–Trinajstić information content (AvgIpc) is 3.09. The highest BCUT2D eigenvalue weighted by molar-refractivity contribution is 5.53. The van der Waals surface area contributed by atoms with Gasteiger partial charge in [-0.2, -0.15) is 0 Å². The van der Waals surface area contributed by atoms with Gasteiger partial charge in [0.25, 0.3) is 5.89 Å². The molecule has 0 saturated carbocycles. The van der Waals surface area contributed by atoms with Gasteiger partial charge in [-0.3, -0.25) is 4.90 Å². The highest BCUT2D eigenvalue weighted by Crippen LogP contribution is 2.23. The van der Waals surface area contributed by atoms with Gasteiger partial charge < -0.3 is 9.32 Å². The summed E-state index contributed by atoms with van der Waals surface area (Å²) in [5, 5.41) is 8.01. The molecule has 1 aliphatic heterocycles. The van der Waals surface area contributed by atoms with E-state index < -0.39 is 0 Å². The van der Waals surface area contributed by atoms with Crippen LogP contribution in [0.2, 0.25) is 0 Å². The Morgan fingerprint density at radius 2 is 2.14 bits per heavy atom. The van der Waals surface area contributed by atoms with Crippen LogP contribution in [0.4, 0.5) is 4.39 Å². The van der Waals surface area contributed by atoms with Gasteiger partial charge >= 0.3 is 0 Å². The molecule has 1 aromatic carbocycles. The molecule has 3 rings (SSSR count). The van der Waals surface area contributed by atoms with Crippen LogP contribution in [0, 0.1) is 11.7 Å². The summed E-state index contributed by atoms with van der Waals surface area (Å²) < 4.78 is 19.3. The number of aromatic nitrogens is 2. The predicted octanol–water partition coefficient (Wildman–Crippen LogP) is 2.26. The van der Waals surface area contributed by atoms with Gasteiger partial charge in [0.05, 0.1) is 12.1 Å². The molecule has 0 spiro atoms. The maximum absolute atomic E-state index is 13.7. The maximum Gasteiger partial charge on any atom is 0.250 e. The number of hydrogen-bond donors (Lipinski definition) is 0. The van der Waals surface area contributed by atoms with Gasteiger partial charge in [0.15, 0.2) is 0 Å². The largest absolute Gasteiger partial charge is 0.419 e. The first-order valence-corrected chi connectivity index (χ1v) is 7.56. The van der Waals surface area contributed by atoms with E-state index in [1.165, 1.54) is 12.5 Å². The van der Waals surface area contributed by atoms with Crippen molar-refractivity contribution in [2.75, 3.05) is 33.7 Å². The van der Waals surface area contributed by atoms with Crippen molar-refractivity contribution in [3.8, 4) is 11.5 Å². The van der Waals surface area contributed by atoms with Crippen LogP contribution in [0.25, 0.3) is 11.5 Å². The number of hydrogen-bond acceptors (Lipinski definition) is 5. The number of halogens is 1. The fourth-order valence-electron chi connectivity index (χ4n) is 2.97. The second-order valence-corrected chi connectivity index (χ2v) is 6.13. The quantitative estimate of drug-likeness (QED) is 0.848. The van der Waals surface area contributed by atoms with E-state index in [0.29, 0.717) is 23.9 Å². The minimum atomic E-state index is -0.343. The van der Waals surface area contributed by atoms with Crippen molar-refractivity contribution in [3.05, 3.63) is 36.0 Å². The first-order chi connectivity index (χ1) is 10.6. The highest BCUT2D eigenvalue weighted by Gasteiger charge is 2.24. The number of likely N-dealkylation sites (tertiary alicyclic amines) is 1. The van der Waals surface area contributed by atoms with Gasteiger partial charge in [-0.15, -0.1) is 10.2 Å². The molecule has 0 bridgehead atoms. The van der Waals surface area contributed by atoms with E-state index in [-0.39, 0.29) is 11.7 Å². The van der Waals surface area contributed by atoms with E-state index in [0.717, 1.165) is 19.6 Å². The highest BCUT2D eigenvalue weighted by atomic mass is 19.1. The summed E-state index contributed by atoms with van der Waals surface area (Å²) in [4.78, 5) is 4.53. The van der Waals surface area contributed by atoms with Crippen LogP contribution < -0.4 is 0 Å². The zero-order valence-electron chi connectivity index (χ0n) is 13.0. The van der Waals surface area contributed by atoms with E-state index in [9.17, 15) is 4.39 Å². The standard InChI is InChI=1S/C16H21FN4O/c1-20(2)9-12-7-8-21(10-12)11-15-18-19-16(22-15)13-5-3-4-6-14(13)17/h3-6,12H,7-11H2,1-2H3/t12-/m1/s1. The third kappa shape index (κ3) is 3.51. The van der Waals surface area contributed by atoms with Gasteiger partial charge in [0.2, 0.25) is 5.89 Å². The van der Waals surface area contributed by atoms with Crippen molar-refractivity contribution in [2.45, 2.75) is 13.0 Å². The fraction of sp³-hybridized carbons (Fsp3) is 0.500. The minimum Gasteiger partial charge on any atom is -0.419 e. The Labute approximate surface area is 129 Å². The lowest BCUT2D eigenvalue weighted by Crippen LogP contribution is -2.25. The SMILES string of the molecule is CN(C)C[C@H]1CCN(Cc2nnc(-c3ccccc3F)o2)C1. The molecule has 2 aromatic rings. The van der Waals surface area contributed by atoms with E-state index >= 15 is 0 Å². The van der Waals surface area contributed by atoms with Crippen molar-refractivity contribution in [2.24, 2.45) is 5.92 Å². The lowest BCUT2D eigenvalue weighted by molar-refractivity contribution is 0.265. The van der Waals surface area contributed by atoms with Crippen molar-refractivity contribution in [1.82, 2.24) is 20.0 Å². The van der Waals surface area contributed by atoms with E-state index in [2.05, 4.69) is 34.1 Å². The molecule has 0 unspecified atom stereocenters. The topological polar surface area (TPSA) is 45.4 Å². The van der Waals surface area contributed by atoms with Gasteiger partial charge in [-0.25, -0.2) is 4.39 Å². The van der Waals surface area contributed by atoms with Crippen LogP contribution >= 0.6 is 0 Å². The zero-order valence-corrected chi connectivity index (χ0v) is 13.0. The molecule has 1 aliphatic rings. The Morgan fingerprint density at radius 1 is 1.32 bits per heavy atom. The molecule has 1 fully saturated rings. The van der Waals surface area contributed by atoms with Gasteiger partial charge in [-0.1, -0.05) is 12.1 Å². The first-order valence-electron chi connectivity index (χ1n) is 7.56. The molecule has 118 valence electrons. The van der Waals surface area contributed by atoms with E-state index in [4.69, 9.17) is 4.42 Å². The molecule has 6 heteroatoms. The Bertz CT molecular complexity index is 628. The number of nitrogens with zero attached hydrogens (tertiary/aromatic N) is 4. The third-order valence-corrected chi connectivity index (χ3v) is 3.92. The summed E-state index contributed by atoms with van der Waals surface area (Å²) in [6.45, 7) is 3.80. The Morgan fingerprint density at radius 3 is 2.91 bits per heavy atom. The predicted molar refractivity (Wildman–Crippen MR) is 81.6 cm³/mol. The van der Waals surface area contributed by atoms with Crippen LogP contribution in [0.3, 0.4) is 0 Å². The average molecular weight is 304 g/mol. The van der Waals surface area contributed by atoms with Gasteiger partial charge in [-0.05, 0) is 45.1 Å². The van der Waals surface area contributed by atoms with Crippen molar-refractivity contribution in [3.63, 3.8) is 0 Å². The number of benzene rings is 1. The normalized spacial score (nSPS) is 19.2. The van der Waals surface area contributed by atoms with Crippen LogP contribution in [-0.4, -0.2) is 53.7 Å². The molecule has 0 radical (unpaired) electrons. The number of rotatable bonds is 5. The van der Waals surface area contributed by atoms with Gasteiger partial charge in [0, 0.05) is 13.1 Å². The van der Waals surface area contributed by atoms with Crippen LogP contribution in [0.1, 0.15) is 12.3 Å². The summed E-state index contributed by atoms with van der Waals surface area (Å²) >= 11 is 0. The Balaban J connectivity index is 1.62. The molecular formula is C16H21FN4O. The molecule has 1 aromatic heterocycles. The summed E-state index contributed by atoms with van der Waals surface area (Å²) in [6.07, 6.45) is 1.19. The van der Waals surface area contributed by atoms with Gasteiger partial charge in [0.1, 0.15) is 5.82 Å². The molecule has 0 N–H and O–H groups in total. The summed E-state index contributed by atoms with van der Waals surface area (Å²) in [7, 11) is 4.20. The Kier molecular flexibility index (Phi) is 4.49. The maximum atomic E-state index is 13.7. The van der Waals surface area contributed by atoms with Crippen molar-refractivity contribution in [1.29, 1.82) is 0 Å². The monoisotopic (exact) mass is 304 g/mol. The fourth-order valence-corrected chi connectivity index (χ4v) is 2.97.